The number of allylic oxidation sites excluding steroid dienone is 5. The van der Waals surface area contributed by atoms with E-state index in [1.165, 1.54) is 22.3 Å². The molecule has 0 saturated heterocycles. The highest BCUT2D eigenvalue weighted by molar-refractivity contribution is 6.10. The van der Waals surface area contributed by atoms with Crippen LogP contribution in [0.25, 0.3) is 39.1 Å². The average molecular weight is 765 g/mol. The molecule has 2 aliphatic rings. The van der Waals surface area contributed by atoms with E-state index in [4.69, 9.17) is 15.0 Å². The van der Waals surface area contributed by atoms with Gasteiger partial charge in [-0.3, -0.25) is 19.9 Å². The van der Waals surface area contributed by atoms with Crippen molar-refractivity contribution in [2.75, 3.05) is 6.54 Å². The van der Waals surface area contributed by atoms with Gasteiger partial charge < -0.3 is 5.32 Å². The van der Waals surface area contributed by atoms with Gasteiger partial charge in [0.25, 0.3) is 0 Å². The molecule has 0 radical (unpaired) electrons. The van der Waals surface area contributed by atoms with Crippen LogP contribution in [0.2, 0.25) is 0 Å². The zero-order valence-electron chi connectivity index (χ0n) is 33.2. The number of fused-ring (bicyclic) bond motifs is 1. The van der Waals surface area contributed by atoms with Crippen molar-refractivity contribution >= 4 is 22.8 Å². The lowest BCUT2D eigenvalue weighted by atomic mass is 9.79. The summed E-state index contributed by atoms with van der Waals surface area (Å²) < 4.78 is 0. The maximum absolute atomic E-state index is 5.56. The van der Waals surface area contributed by atoms with Crippen molar-refractivity contribution < 1.29 is 0 Å². The van der Waals surface area contributed by atoms with E-state index in [1.54, 1.807) is 12.4 Å². The number of amidine groups is 1. The molecule has 7 aromatic rings. The molecule has 2 aliphatic heterocycles. The zero-order valence-corrected chi connectivity index (χ0v) is 33.2. The van der Waals surface area contributed by atoms with Gasteiger partial charge in [0, 0.05) is 58.8 Å². The van der Waals surface area contributed by atoms with E-state index in [-0.39, 0.29) is 5.92 Å². The number of aromatic nitrogens is 3. The van der Waals surface area contributed by atoms with Gasteiger partial charge in [-0.15, -0.1) is 0 Å². The highest BCUT2D eigenvalue weighted by Crippen LogP contribution is 2.46. The number of nitrogens with zero attached hydrogens (tertiary/aromatic N) is 5. The molecule has 3 aromatic heterocycles. The summed E-state index contributed by atoms with van der Waals surface area (Å²) in [6, 6.07) is 46.9. The molecule has 1 N–H and O–H groups in total. The highest BCUT2D eigenvalue weighted by Gasteiger charge is 2.39. The van der Waals surface area contributed by atoms with Gasteiger partial charge in [-0.05, 0) is 102 Å². The normalized spacial score (nSPS) is 17.5. The number of benzene rings is 4. The molecule has 6 heteroatoms. The molecule has 2 atom stereocenters. The molecule has 286 valence electrons. The smallest absolute Gasteiger partial charge is 0.112 e. The largest absolute Gasteiger partial charge is 0.359 e. The third kappa shape index (κ3) is 7.85. The minimum atomic E-state index is -0.689. The van der Waals surface area contributed by atoms with E-state index in [0.29, 0.717) is 6.54 Å². The van der Waals surface area contributed by atoms with Gasteiger partial charge >= 0.3 is 0 Å². The maximum atomic E-state index is 5.56. The first-order valence-electron chi connectivity index (χ1n) is 20.1. The summed E-state index contributed by atoms with van der Waals surface area (Å²) in [6.45, 7) is 4.89. The maximum Gasteiger partial charge on any atom is 0.112 e. The first kappa shape index (κ1) is 37.3. The van der Waals surface area contributed by atoms with Crippen LogP contribution in [-0.4, -0.2) is 33.0 Å². The lowest BCUT2D eigenvalue weighted by Crippen LogP contribution is -2.49. The first-order valence-corrected chi connectivity index (χ1v) is 20.1. The minimum Gasteiger partial charge on any atom is -0.359 e. The summed E-state index contributed by atoms with van der Waals surface area (Å²) in [4.78, 5) is 24.3. The summed E-state index contributed by atoms with van der Waals surface area (Å²) >= 11 is 0. The summed E-state index contributed by atoms with van der Waals surface area (Å²) in [5, 5.41) is 3.98. The van der Waals surface area contributed by atoms with Crippen molar-refractivity contribution in [2.45, 2.75) is 25.8 Å². The Bertz CT molecular complexity index is 2740. The number of hydrogen-bond donors (Lipinski definition) is 1. The van der Waals surface area contributed by atoms with Gasteiger partial charge in [0.05, 0.1) is 35.1 Å². The van der Waals surface area contributed by atoms with Gasteiger partial charge in [-0.25, -0.2) is 4.99 Å². The second kappa shape index (κ2) is 16.7. The number of dihydropyridines is 1. The van der Waals surface area contributed by atoms with Crippen molar-refractivity contribution in [1.29, 1.82) is 0 Å². The number of pyridine rings is 3. The number of nitrogens with one attached hydrogen (secondary N) is 1. The Balaban J connectivity index is 1.22. The highest BCUT2D eigenvalue weighted by atomic mass is 15.1. The second-order valence-corrected chi connectivity index (χ2v) is 15.1. The number of rotatable bonds is 10. The predicted octanol–water partition coefficient (Wildman–Crippen LogP) is 11.6. The van der Waals surface area contributed by atoms with Crippen molar-refractivity contribution in [3.05, 3.63) is 223 Å². The van der Waals surface area contributed by atoms with Gasteiger partial charge in [0.1, 0.15) is 5.84 Å². The van der Waals surface area contributed by atoms with E-state index >= 15 is 0 Å². The van der Waals surface area contributed by atoms with Crippen molar-refractivity contribution in [3.63, 3.8) is 0 Å². The second-order valence-electron chi connectivity index (χ2n) is 15.1. The quantitative estimate of drug-likeness (QED) is 0.141. The van der Waals surface area contributed by atoms with E-state index in [2.05, 4.69) is 169 Å². The SMILES string of the molecule is C/C=C\C(=C/Cc1cc(-c2cccc(-c3ccccc3)c2)c2c(c1)C(C)(c1ccc(-c3cccnc3)nc1)NC(C1C=CC(c3cccnc3)=NC1)=N2)c1ccccc1. The van der Waals surface area contributed by atoms with E-state index in [1.807, 2.05) is 42.9 Å². The molecule has 59 heavy (non-hydrogen) atoms. The molecule has 6 nitrogen and oxygen atoms in total. The fraction of sp³-hybridized carbons (Fsp3) is 0.113. The molecule has 2 unspecified atom stereocenters. The van der Waals surface area contributed by atoms with Crippen LogP contribution < -0.4 is 5.32 Å². The van der Waals surface area contributed by atoms with Crippen LogP contribution in [0.15, 0.2) is 205 Å². The van der Waals surface area contributed by atoms with Gasteiger partial charge in [0.2, 0.25) is 0 Å². The van der Waals surface area contributed by atoms with Gasteiger partial charge in [-0.2, -0.15) is 0 Å². The zero-order chi connectivity index (χ0) is 40.0. The molecule has 0 saturated carbocycles. The van der Waals surface area contributed by atoms with E-state index in [9.17, 15) is 0 Å². The first-order chi connectivity index (χ1) is 29.1. The Morgan fingerprint density at radius 2 is 1.46 bits per heavy atom. The standard InChI is InChI=1S/C53H44N6/c1-3-13-38(39-14-6-4-7-15-39)23-22-37-30-47(42-19-10-18-41(32-42)40-16-8-5-9-17-40)51-48(31-37)53(2,46-25-27-50(57-36-46)44-21-12-29-55-34-44)59-52(58-51)45-24-26-49(56-35-45)43-20-11-28-54-33-43/h3-21,23-34,36,45H,22,35H2,1-2H3,(H,58,59)/b13-3-,38-23+. The number of aliphatic imine (C=N–C) groups is 2. The molecular weight excluding hydrogens is 721 g/mol. The summed E-state index contributed by atoms with van der Waals surface area (Å²) in [5.74, 6) is 0.806. The van der Waals surface area contributed by atoms with Crippen LogP contribution in [0.3, 0.4) is 0 Å². The average Bonchev–Trinajstić information content (AvgIpc) is 3.31. The molecule has 0 amide bonds. The van der Waals surface area contributed by atoms with Crippen LogP contribution in [0, 0.1) is 5.92 Å². The fourth-order valence-electron chi connectivity index (χ4n) is 8.00. The summed E-state index contributed by atoms with van der Waals surface area (Å²) in [5.41, 5.74) is 14.3. The minimum absolute atomic E-state index is 0.0640. The van der Waals surface area contributed by atoms with Crippen molar-refractivity contribution in [3.8, 4) is 33.5 Å². The molecule has 9 rings (SSSR count). The van der Waals surface area contributed by atoms with Crippen molar-refractivity contribution in [2.24, 2.45) is 15.9 Å². The third-order valence-corrected chi connectivity index (χ3v) is 11.2. The number of hydrogen-bond acceptors (Lipinski definition) is 6. The Morgan fingerprint density at radius 1 is 0.729 bits per heavy atom. The van der Waals surface area contributed by atoms with Crippen molar-refractivity contribution in [1.82, 2.24) is 20.3 Å². The van der Waals surface area contributed by atoms with Crippen LogP contribution in [-0.2, 0) is 12.0 Å². The van der Waals surface area contributed by atoms with E-state index in [0.717, 1.165) is 68.3 Å². The summed E-state index contributed by atoms with van der Waals surface area (Å²) in [6.07, 6.45) is 21.0. The third-order valence-electron chi connectivity index (χ3n) is 11.2. The Labute approximate surface area is 346 Å². The lowest BCUT2D eigenvalue weighted by molar-refractivity contribution is 0.508. The van der Waals surface area contributed by atoms with E-state index < -0.39 is 5.54 Å². The fourth-order valence-corrected chi connectivity index (χ4v) is 8.00. The monoisotopic (exact) mass is 764 g/mol. The van der Waals surface area contributed by atoms with Crippen LogP contribution in [0.5, 0.6) is 0 Å². The topological polar surface area (TPSA) is 75.4 Å². The van der Waals surface area contributed by atoms with Crippen LogP contribution >= 0.6 is 0 Å². The van der Waals surface area contributed by atoms with Gasteiger partial charge in [0.15, 0.2) is 0 Å². The molecule has 0 spiro atoms. The molecule has 0 bridgehead atoms. The van der Waals surface area contributed by atoms with Crippen LogP contribution in [0.1, 0.15) is 41.7 Å². The van der Waals surface area contributed by atoms with Crippen LogP contribution in [0.4, 0.5) is 5.69 Å². The Hall–Kier alpha value is -7.31. The molecular formula is C53H44N6. The molecule has 0 fully saturated rings. The Morgan fingerprint density at radius 3 is 2.15 bits per heavy atom. The molecule has 4 aromatic carbocycles. The summed E-state index contributed by atoms with van der Waals surface area (Å²) in [7, 11) is 0. The predicted molar refractivity (Wildman–Crippen MR) is 243 cm³/mol. The van der Waals surface area contributed by atoms with Gasteiger partial charge in [-0.1, -0.05) is 115 Å². The molecule has 5 heterocycles. The lowest BCUT2D eigenvalue weighted by Gasteiger charge is -2.40. The Kier molecular flexibility index (Phi) is 10.5. The molecule has 0 aliphatic carbocycles.